The van der Waals surface area contributed by atoms with Gasteiger partial charge in [-0.05, 0) is 61.8 Å². The predicted molar refractivity (Wildman–Crippen MR) is 87.1 cm³/mol. The minimum atomic E-state index is 0.101. The molecule has 1 fully saturated rings. The van der Waals surface area contributed by atoms with Gasteiger partial charge in [-0.1, -0.05) is 0 Å². The van der Waals surface area contributed by atoms with Crippen molar-refractivity contribution in [2.45, 2.75) is 38.6 Å². The maximum absolute atomic E-state index is 12.7. The summed E-state index contributed by atoms with van der Waals surface area (Å²) in [6.07, 6.45) is 9.18. The van der Waals surface area contributed by atoms with E-state index in [1.54, 1.807) is 0 Å². The fraction of sp³-hybridized carbons (Fsp3) is 0.500. The molecule has 0 saturated carbocycles. The zero-order valence-corrected chi connectivity index (χ0v) is 13.3. The van der Waals surface area contributed by atoms with Crippen LogP contribution in [0.15, 0.2) is 30.6 Å². The molecule has 2 aromatic heterocycles. The summed E-state index contributed by atoms with van der Waals surface area (Å²) in [5, 5.41) is 4.52. The molecule has 0 radical (unpaired) electrons. The number of nitrogens with zero attached hydrogens (tertiary/aromatic N) is 4. The highest BCUT2D eigenvalue weighted by atomic mass is 16.2. The van der Waals surface area contributed by atoms with Crippen LogP contribution < -0.4 is 0 Å². The molecule has 2 aromatic rings. The number of rotatable bonds is 3. The Hall–Kier alpha value is -2.17. The van der Waals surface area contributed by atoms with Gasteiger partial charge >= 0.3 is 0 Å². The van der Waals surface area contributed by atoms with E-state index in [2.05, 4.69) is 22.2 Å². The number of aromatic nitrogens is 3. The molecule has 0 aromatic carbocycles. The number of fused-ring (bicyclic) bond motifs is 1. The standard InChI is InChI=1S/C18H22N4O/c23-18(17-12-16-3-1-2-9-22(16)20-17)21-10-6-15(13-21)11-14-4-7-19-8-5-14/h4-5,7-8,12,15H,1-3,6,9-11,13H2/t15-/m1/s1. The molecular weight excluding hydrogens is 288 g/mol. The van der Waals surface area contributed by atoms with Crippen LogP contribution in [0.1, 0.15) is 41.0 Å². The van der Waals surface area contributed by atoms with Gasteiger partial charge in [-0.2, -0.15) is 5.10 Å². The lowest BCUT2D eigenvalue weighted by atomic mass is 10.00. The number of carbonyl (C=O) groups excluding carboxylic acids is 1. The first-order valence-corrected chi connectivity index (χ1v) is 8.54. The van der Waals surface area contributed by atoms with E-state index in [1.807, 2.05) is 28.0 Å². The third-order valence-electron chi connectivity index (χ3n) is 4.98. The molecule has 0 spiro atoms. The van der Waals surface area contributed by atoms with Crippen molar-refractivity contribution in [1.29, 1.82) is 0 Å². The van der Waals surface area contributed by atoms with Crippen LogP contribution in [0.3, 0.4) is 0 Å². The summed E-state index contributed by atoms with van der Waals surface area (Å²) in [5.74, 6) is 0.641. The van der Waals surface area contributed by atoms with Crippen molar-refractivity contribution >= 4 is 5.91 Å². The number of hydrogen-bond acceptors (Lipinski definition) is 3. The van der Waals surface area contributed by atoms with E-state index in [0.29, 0.717) is 11.6 Å². The summed E-state index contributed by atoms with van der Waals surface area (Å²) in [6.45, 7) is 2.63. The quantitative estimate of drug-likeness (QED) is 0.874. The smallest absolute Gasteiger partial charge is 0.274 e. The maximum Gasteiger partial charge on any atom is 0.274 e. The van der Waals surface area contributed by atoms with Crippen molar-refractivity contribution in [1.82, 2.24) is 19.7 Å². The molecule has 1 amide bonds. The lowest BCUT2D eigenvalue weighted by Gasteiger charge is -2.15. The summed E-state index contributed by atoms with van der Waals surface area (Å²) in [5.41, 5.74) is 3.15. The van der Waals surface area contributed by atoms with Gasteiger partial charge in [0.25, 0.3) is 5.91 Å². The van der Waals surface area contributed by atoms with Gasteiger partial charge in [-0.3, -0.25) is 14.5 Å². The van der Waals surface area contributed by atoms with Crippen LogP contribution in [0.25, 0.3) is 0 Å². The van der Waals surface area contributed by atoms with Gasteiger partial charge in [0.2, 0.25) is 0 Å². The first kappa shape index (κ1) is 14.4. The summed E-state index contributed by atoms with van der Waals surface area (Å²) >= 11 is 0. The molecule has 120 valence electrons. The first-order valence-electron chi connectivity index (χ1n) is 8.54. The molecular formula is C18H22N4O. The van der Waals surface area contributed by atoms with Gasteiger partial charge in [-0.15, -0.1) is 0 Å². The van der Waals surface area contributed by atoms with Crippen molar-refractivity contribution < 1.29 is 4.79 Å². The second-order valence-corrected chi connectivity index (χ2v) is 6.67. The van der Waals surface area contributed by atoms with Crippen LogP contribution in [0.4, 0.5) is 0 Å². The summed E-state index contributed by atoms with van der Waals surface area (Å²) < 4.78 is 2.02. The Morgan fingerprint density at radius 3 is 2.91 bits per heavy atom. The van der Waals surface area contributed by atoms with Crippen molar-refractivity contribution in [3.05, 3.63) is 47.5 Å². The molecule has 4 rings (SSSR count). The number of amides is 1. The number of pyridine rings is 1. The van der Waals surface area contributed by atoms with Crippen LogP contribution in [-0.4, -0.2) is 38.7 Å². The van der Waals surface area contributed by atoms with Crippen molar-refractivity contribution in [2.24, 2.45) is 5.92 Å². The van der Waals surface area contributed by atoms with Gasteiger partial charge in [0, 0.05) is 37.7 Å². The topological polar surface area (TPSA) is 51.0 Å². The van der Waals surface area contributed by atoms with E-state index >= 15 is 0 Å². The highest BCUT2D eigenvalue weighted by molar-refractivity contribution is 5.92. The summed E-state index contributed by atoms with van der Waals surface area (Å²) in [4.78, 5) is 18.7. The molecule has 1 atom stereocenters. The number of aryl methyl sites for hydroxylation is 2. The molecule has 1 saturated heterocycles. The molecule has 5 nitrogen and oxygen atoms in total. The molecule has 0 N–H and O–H groups in total. The maximum atomic E-state index is 12.7. The summed E-state index contributed by atoms with van der Waals surface area (Å²) in [6, 6.07) is 6.12. The minimum absolute atomic E-state index is 0.101. The number of hydrogen-bond donors (Lipinski definition) is 0. The van der Waals surface area contributed by atoms with Crippen molar-refractivity contribution in [3.8, 4) is 0 Å². The minimum Gasteiger partial charge on any atom is -0.337 e. The highest BCUT2D eigenvalue weighted by Crippen LogP contribution is 2.23. The van der Waals surface area contributed by atoms with Crippen LogP contribution in [0.2, 0.25) is 0 Å². The normalized spacial score (nSPS) is 20.5. The van der Waals surface area contributed by atoms with Crippen LogP contribution in [0.5, 0.6) is 0 Å². The van der Waals surface area contributed by atoms with E-state index < -0.39 is 0 Å². The number of carbonyl (C=O) groups is 1. The Labute approximate surface area is 136 Å². The Morgan fingerprint density at radius 1 is 1.22 bits per heavy atom. The Morgan fingerprint density at radius 2 is 2.09 bits per heavy atom. The second kappa shape index (κ2) is 6.14. The predicted octanol–water partition coefficient (Wildman–Crippen LogP) is 2.32. The fourth-order valence-corrected chi connectivity index (χ4v) is 3.72. The monoisotopic (exact) mass is 310 g/mol. The molecule has 2 aliphatic rings. The molecule has 0 bridgehead atoms. The third kappa shape index (κ3) is 3.00. The average molecular weight is 310 g/mol. The van der Waals surface area contributed by atoms with Crippen LogP contribution in [0, 0.1) is 5.92 Å². The number of likely N-dealkylation sites (tertiary alicyclic amines) is 1. The van der Waals surface area contributed by atoms with Gasteiger partial charge in [0.1, 0.15) is 0 Å². The van der Waals surface area contributed by atoms with Gasteiger partial charge < -0.3 is 4.90 Å². The summed E-state index contributed by atoms with van der Waals surface area (Å²) in [7, 11) is 0. The Kier molecular flexibility index (Phi) is 3.85. The second-order valence-electron chi connectivity index (χ2n) is 6.67. The zero-order chi connectivity index (χ0) is 15.6. The molecule has 4 heterocycles. The van der Waals surface area contributed by atoms with Gasteiger partial charge in [-0.25, -0.2) is 0 Å². The van der Waals surface area contributed by atoms with Crippen molar-refractivity contribution in [3.63, 3.8) is 0 Å². The molecule has 23 heavy (non-hydrogen) atoms. The molecule has 2 aliphatic heterocycles. The first-order chi connectivity index (χ1) is 11.3. The zero-order valence-electron chi connectivity index (χ0n) is 13.3. The largest absolute Gasteiger partial charge is 0.337 e. The van der Waals surface area contributed by atoms with Crippen molar-refractivity contribution in [2.75, 3.05) is 13.1 Å². The van der Waals surface area contributed by atoms with Gasteiger partial charge in [0.05, 0.1) is 0 Å². The van der Waals surface area contributed by atoms with Crippen LogP contribution in [-0.2, 0) is 19.4 Å². The molecule has 5 heteroatoms. The van der Waals surface area contributed by atoms with E-state index in [9.17, 15) is 4.79 Å². The lowest BCUT2D eigenvalue weighted by Crippen LogP contribution is -2.29. The highest BCUT2D eigenvalue weighted by Gasteiger charge is 2.29. The van der Waals surface area contributed by atoms with E-state index in [-0.39, 0.29) is 5.91 Å². The fourth-order valence-electron chi connectivity index (χ4n) is 3.72. The van der Waals surface area contributed by atoms with Crippen LogP contribution >= 0.6 is 0 Å². The van der Waals surface area contributed by atoms with E-state index in [0.717, 1.165) is 38.9 Å². The SMILES string of the molecule is O=C(c1cc2n(n1)CCCC2)N1CC[C@H](Cc2ccncc2)C1. The molecule has 0 unspecified atom stereocenters. The lowest BCUT2D eigenvalue weighted by molar-refractivity contribution is 0.0780. The Bertz CT molecular complexity index is 671. The van der Waals surface area contributed by atoms with E-state index in [1.165, 1.54) is 24.1 Å². The van der Waals surface area contributed by atoms with E-state index in [4.69, 9.17) is 0 Å². The third-order valence-corrected chi connectivity index (χ3v) is 4.98. The Balaban J connectivity index is 1.41. The average Bonchev–Trinajstić information content (AvgIpc) is 3.21. The molecule has 0 aliphatic carbocycles. The van der Waals surface area contributed by atoms with Gasteiger partial charge in [0.15, 0.2) is 5.69 Å².